The van der Waals surface area contributed by atoms with E-state index in [1.165, 1.54) is 27.2 Å². The van der Waals surface area contributed by atoms with Gasteiger partial charge < -0.3 is 20.2 Å². The number of aryl methyl sites for hydroxylation is 1. The first-order valence-electron chi connectivity index (χ1n) is 13.7. The molecule has 0 unspecified atom stereocenters. The number of hydrogen-bond acceptors (Lipinski definition) is 5. The Morgan fingerprint density at radius 3 is 2.42 bits per heavy atom. The minimum Gasteiger partial charge on any atom is -0.382 e. The molecule has 7 nitrogen and oxygen atoms in total. The summed E-state index contributed by atoms with van der Waals surface area (Å²) in [4.78, 5) is 15.9. The number of fused-ring (bicyclic) bond motifs is 2. The lowest BCUT2D eigenvalue weighted by molar-refractivity contribution is 0.353. The molecule has 1 aliphatic rings. The Bertz CT molecular complexity index is 1860. The molecule has 0 bridgehead atoms. The van der Waals surface area contributed by atoms with Gasteiger partial charge in [0.15, 0.2) is 9.84 Å². The number of nitrogens with one attached hydrogen (secondary N) is 3. The number of aromatic nitrogens is 2. The zero-order chi connectivity index (χ0) is 27.9. The van der Waals surface area contributed by atoms with E-state index in [-0.39, 0.29) is 16.5 Å². The van der Waals surface area contributed by atoms with Crippen LogP contribution in [0.1, 0.15) is 31.2 Å². The molecule has 206 valence electrons. The molecule has 0 saturated heterocycles. The van der Waals surface area contributed by atoms with Crippen LogP contribution in [-0.2, 0) is 23.4 Å². The summed E-state index contributed by atoms with van der Waals surface area (Å²) in [7, 11) is -1.69. The van der Waals surface area contributed by atoms with Crippen LogP contribution in [-0.4, -0.2) is 36.3 Å². The van der Waals surface area contributed by atoms with E-state index in [1.54, 1.807) is 31.6 Å². The average Bonchev–Trinajstić information content (AvgIpc) is 3.45. The summed E-state index contributed by atoms with van der Waals surface area (Å²) in [6, 6.07) is 22.9. The van der Waals surface area contributed by atoms with E-state index in [0.717, 1.165) is 54.4 Å². The van der Waals surface area contributed by atoms with Crippen LogP contribution < -0.4 is 16.2 Å². The highest BCUT2D eigenvalue weighted by molar-refractivity contribution is 7.90. The van der Waals surface area contributed by atoms with Gasteiger partial charge in [-0.3, -0.25) is 4.79 Å². The molecule has 0 atom stereocenters. The molecule has 1 fully saturated rings. The third kappa shape index (κ3) is 5.29. The summed E-state index contributed by atoms with van der Waals surface area (Å²) in [5, 5.41) is 10.8. The maximum absolute atomic E-state index is 12.6. The second-order valence-electron chi connectivity index (χ2n) is 11.0. The number of nitrogens with zero attached hydrogens (tertiary/aromatic N) is 1. The third-order valence-corrected chi connectivity index (χ3v) is 9.21. The van der Waals surface area contributed by atoms with E-state index in [9.17, 15) is 13.2 Å². The first-order chi connectivity index (χ1) is 19.3. The molecule has 3 aromatic carbocycles. The Morgan fingerprint density at radius 1 is 0.900 bits per heavy atom. The fourth-order valence-corrected chi connectivity index (χ4v) is 6.51. The monoisotopic (exact) mass is 554 g/mol. The van der Waals surface area contributed by atoms with Gasteiger partial charge >= 0.3 is 0 Å². The number of H-pyrrole nitrogens is 1. The molecular formula is C32H34N4O3S. The number of pyridine rings is 1. The predicted molar refractivity (Wildman–Crippen MR) is 163 cm³/mol. The lowest BCUT2D eigenvalue weighted by Crippen LogP contribution is -2.36. The smallest absolute Gasteiger partial charge is 0.274 e. The number of rotatable bonds is 7. The van der Waals surface area contributed by atoms with Crippen LogP contribution in [0, 0.1) is 0 Å². The van der Waals surface area contributed by atoms with Gasteiger partial charge in [0.25, 0.3) is 5.56 Å². The van der Waals surface area contributed by atoms with Crippen LogP contribution >= 0.6 is 0 Å². The molecule has 2 heterocycles. The van der Waals surface area contributed by atoms with Crippen molar-refractivity contribution in [2.24, 2.45) is 7.05 Å². The highest BCUT2D eigenvalue weighted by atomic mass is 32.2. The SMILES string of the molecule is Cn1cc(-c2cc(S(C)(=O)=O)ccc2NC2CCC(NCc3ccc4ccccc4c3)CC2)c2cc[nH]c2c1=O. The van der Waals surface area contributed by atoms with Gasteiger partial charge in [-0.25, -0.2) is 8.42 Å². The van der Waals surface area contributed by atoms with Crippen molar-refractivity contribution in [3.8, 4) is 11.1 Å². The van der Waals surface area contributed by atoms with Crippen LogP contribution in [0.15, 0.2) is 88.8 Å². The summed E-state index contributed by atoms with van der Waals surface area (Å²) >= 11 is 0. The lowest BCUT2D eigenvalue weighted by atomic mass is 9.90. The fraction of sp³-hybridized carbons (Fsp3) is 0.281. The van der Waals surface area contributed by atoms with Gasteiger partial charge in [0.1, 0.15) is 5.52 Å². The zero-order valence-corrected chi connectivity index (χ0v) is 23.6. The van der Waals surface area contributed by atoms with E-state index in [2.05, 4.69) is 58.1 Å². The number of hydrogen-bond donors (Lipinski definition) is 3. The molecule has 1 saturated carbocycles. The minimum absolute atomic E-state index is 0.118. The van der Waals surface area contributed by atoms with Crippen molar-refractivity contribution in [1.29, 1.82) is 0 Å². The second-order valence-corrected chi connectivity index (χ2v) is 13.0. The van der Waals surface area contributed by atoms with Crippen molar-refractivity contribution in [2.75, 3.05) is 11.6 Å². The molecule has 8 heteroatoms. The Morgan fingerprint density at radius 2 is 1.65 bits per heavy atom. The van der Waals surface area contributed by atoms with Crippen molar-refractivity contribution in [3.63, 3.8) is 0 Å². The van der Waals surface area contributed by atoms with Crippen molar-refractivity contribution in [1.82, 2.24) is 14.9 Å². The average molecular weight is 555 g/mol. The number of benzene rings is 3. The van der Waals surface area contributed by atoms with E-state index in [1.807, 2.05) is 12.1 Å². The number of sulfone groups is 1. The summed E-state index contributed by atoms with van der Waals surface area (Å²) < 4.78 is 26.4. The van der Waals surface area contributed by atoms with Gasteiger partial charge in [-0.1, -0.05) is 36.4 Å². The largest absolute Gasteiger partial charge is 0.382 e. The van der Waals surface area contributed by atoms with Gasteiger partial charge in [0.2, 0.25) is 0 Å². The Hall–Kier alpha value is -3.88. The molecule has 6 rings (SSSR count). The number of aromatic amines is 1. The molecule has 5 aromatic rings. The molecule has 1 aliphatic carbocycles. The zero-order valence-electron chi connectivity index (χ0n) is 22.8. The van der Waals surface area contributed by atoms with E-state index < -0.39 is 9.84 Å². The molecule has 0 radical (unpaired) electrons. The molecule has 40 heavy (non-hydrogen) atoms. The first-order valence-corrected chi connectivity index (χ1v) is 15.6. The van der Waals surface area contributed by atoms with Gasteiger partial charge in [-0.05, 0) is 72.4 Å². The van der Waals surface area contributed by atoms with Crippen molar-refractivity contribution >= 4 is 37.2 Å². The molecule has 2 aromatic heterocycles. The van der Waals surface area contributed by atoms with Gasteiger partial charge in [-0.2, -0.15) is 0 Å². The number of anilines is 1. The third-order valence-electron chi connectivity index (χ3n) is 8.10. The molecule has 0 spiro atoms. The normalized spacial score (nSPS) is 17.9. The van der Waals surface area contributed by atoms with Crippen LogP contribution in [0.4, 0.5) is 5.69 Å². The first kappa shape index (κ1) is 26.3. The van der Waals surface area contributed by atoms with E-state index in [0.29, 0.717) is 11.6 Å². The highest BCUT2D eigenvalue weighted by Gasteiger charge is 2.23. The van der Waals surface area contributed by atoms with Crippen LogP contribution in [0.5, 0.6) is 0 Å². The standard InChI is InChI=1S/C32H34N4O3S/c1-36-20-29(27-15-16-33-31(27)32(36)37)28-18-26(40(2,38)39)13-14-30(28)35-25-11-9-24(10-12-25)34-19-21-7-8-22-5-3-4-6-23(22)17-21/h3-8,13-18,20,24-25,33-35H,9-12,19H2,1-2H3. The fourth-order valence-electron chi connectivity index (χ4n) is 5.86. The van der Waals surface area contributed by atoms with Crippen molar-refractivity contribution in [3.05, 3.63) is 95.0 Å². The van der Waals surface area contributed by atoms with Gasteiger partial charge in [0.05, 0.1) is 4.90 Å². The Labute approximate surface area is 234 Å². The molecular weight excluding hydrogens is 520 g/mol. The Kier molecular flexibility index (Phi) is 6.98. The van der Waals surface area contributed by atoms with Crippen molar-refractivity contribution in [2.45, 2.75) is 49.2 Å². The lowest BCUT2D eigenvalue weighted by Gasteiger charge is -2.31. The Balaban J connectivity index is 1.19. The van der Waals surface area contributed by atoms with Crippen LogP contribution in [0.25, 0.3) is 32.8 Å². The molecule has 0 amide bonds. The van der Waals surface area contributed by atoms with Crippen LogP contribution in [0.2, 0.25) is 0 Å². The maximum atomic E-state index is 12.6. The van der Waals surface area contributed by atoms with Crippen LogP contribution in [0.3, 0.4) is 0 Å². The quantitative estimate of drug-likeness (QED) is 0.243. The highest BCUT2D eigenvalue weighted by Crippen LogP contribution is 2.36. The molecule has 0 aliphatic heterocycles. The van der Waals surface area contributed by atoms with Crippen molar-refractivity contribution < 1.29 is 8.42 Å². The van der Waals surface area contributed by atoms with E-state index in [4.69, 9.17) is 0 Å². The summed E-state index contributed by atoms with van der Waals surface area (Å²) in [5.74, 6) is 0. The van der Waals surface area contributed by atoms with Gasteiger partial charge in [0, 0.05) is 66.5 Å². The second kappa shape index (κ2) is 10.6. The summed E-state index contributed by atoms with van der Waals surface area (Å²) in [5.41, 5.74) is 4.15. The summed E-state index contributed by atoms with van der Waals surface area (Å²) in [6.07, 6.45) is 8.89. The minimum atomic E-state index is -3.40. The predicted octanol–water partition coefficient (Wildman–Crippen LogP) is 5.60. The maximum Gasteiger partial charge on any atom is 0.274 e. The van der Waals surface area contributed by atoms with Gasteiger partial charge in [-0.15, -0.1) is 0 Å². The molecule has 3 N–H and O–H groups in total. The van der Waals surface area contributed by atoms with E-state index >= 15 is 0 Å². The topological polar surface area (TPSA) is 96.0 Å². The summed E-state index contributed by atoms with van der Waals surface area (Å²) in [6.45, 7) is 0.851.